The number of aliphatic hydroxyl groups excluding tert-OH is 1. The summed E-state index contributed by atoms with van der Waals surface area (Å²) in [6, 6.07) is 0.316. The van der Waals surface area contributed by atoms with Gasteiger partial charge in [-0.2, -0.15) is 0 Å². The van der Waals surface area contributed by atoms with Crippen molar-refractivity contribution in [2.75, 3.05) is 13.1 Å². The first-order valence-corrected chi connectivity index (χ1v) is 8.60. The molecule has 21 heavy (non-hydrogen) atoms. The number of nitrogens with zero attached hydrogens (tertiary/aromatic N) is 2. The van der Waals surface area contributed by atoms with Gasteiger partial charge in [-0.25, -0.2) is 0 Å². The molecule has 118 valence electrons. The van der Waals surface area contributed by atoms with Crippen molar-refractivity contribution in [3.05, 3.63) is 0 Å². The molecule has 4 heterocycles. The lowest BCUT2D eigenvalue weighted by molar-refractivity contribution is -0.199. The predicted octanol–water partition coefficient (Wildman–Crippen LogP) is 0.551. The molecule has 0 aromatic carbocycles. The zero-order valence-electron chi connectivity index (χ0n) is 12.5. The van der Waals surface area contributed by atoms with E-state index in [1.54, 1.807) is 0 Å². The molecule has 4 rings (SSSR count). The molecular weight excluding hydrogens is 268 g/mol. The minimum Gasteiger partial charge on any atom is -0.366 e. The van der Waals surface area contributed by atoms with E-state index in [0.717, 1.165) is 38.8 Å². The van der Waals surface area contributed by atoms with Gasteiger partial charge in [0.05, 0.1) is 6.04 Å². The van der Waals surface area contributed by atoms with Crippen LogP contribution in [0.3, 0.4) is 0 Å². The average molecular weight is 294 g/mol. The summed E-state index contributed by atoms with van der Waals surface area (Å²) in [7, 11) is 0. The molecule has 0 aromatic rings. The minimum atomic E-state index is -1.40. The second-order valence-corrected chi connectivity index (χ2v) is 7.30. The van der Waals surface area contributed by atoms with Crippen molar-refractivity contribution >= 4 is 5.91 Å². The van der Waals surface area contributed by atoms with Crippen LogP contribution in [0.5, 0.6) is 0 Å². The smallest absolute Gasteiger partial charge is 0.223 e. The largest absolute Gasteiger partial charge is 0.366 e. The van der Waals surface area contributed by atoms with Crippen LogP contribution in [0.2, 0.25) is 0 Å². The number of carbonyl (C=O) groups is 1. The van der Waals surface area contributed by atoms with E-state index < -0.39 is 6.29 Å². The first kappa shape index (κ1) is 14.0. The summed E-state index contributed by atoms with van der Waals surface area (Å²) in [6.07, 6.45) is 5.73. The molecule has 2 N–H and O–H groups in total. The number of fused-ring (bicyclic) bond motifs is 2. The lowest BCUT2D eigenvalue weighted by Gasteiger charge is -2.61. The highest BCUT2D eigenvalue weighted by molar-refractivity contribution is 5.78. The van der Waals surface area contributed by atoms with E-state index in [0.29, 0.717) is 18.4 Å². The Morgan fingerprint density at radius 1 is 1.00 bits per heavy atom. The fraction of sp³-hybridized carbons (Fsp3) is 0.938. The molecule has 4 aliphatic heterocycles. The normalized spacial score (nSPS) is 43.7. The zero-order valence-corrected chi connectivity index (χ0v) is 12.5. The van der Waals surface area contributed by atoms with Gasteiger partial charge in [-0.3, -0.25) is 9.69 Å². The Labute approximate surface area is 125 Å². The van der Waals surface area contributed by atoms with Crippen molar-refractivity contribution in [1.82, 2.24) is 9.80 Å². The van der Waals surface area contributed by atoms with Crippen molar-refractivity contribution in [3.8, 4) is 0 Å². The fourth-order valence-electron chi connectivity index (χ4n) is 5.76. The summed E-state index contributed by atoms with van der Waals surface area (Å²) in [5.41, 5.74) is 0. The molecule has 4 fully saturated rings. The van der Waals surface area contributed by atoms with E-state index in [1.165, 1.54) is 12.8 Å². The zero-order chi connectivity index (χ0) is 14.6. The Bertz CT molecular complexity index is 426. The van der Waals surface area contributed by atoms with Crippen LogP contribution in [0.1, 0.15) is 44.9 Å². The highest BCUT2D eigenvalue weighted by Crippen LogP contribution is 2.48. The van der Waals surface area contributed by atoms with Crippen molar-refractivity contribution in [2.45, 2.75) is 69.4 Å². The van der Waals surface area contributed by atoms with Gasteiger partial charge < -0.3 is 15.1 Å². The van der Waals surface area contributed by atoms with Crippen LogP contribution in [-0.4, -0.2) is 63.4 Å². The first-order chi connectivity index (χ1) is 10.2. The molecule has 5 nitrogen and oxygen atoms in total. The molecule has 4 aliphatic rings. The lowest BCUT2D eigenvalue weighted by Crippen LogP contribution is -2.72. The topological polar surface area (TPSA) is 64.0 Å². The predicted molar refractivity (Wildman–Crippen MR) is 77.3 cm³/mol. The third-order valence-electron chi connectivity index (χ3n) is 6.36. The highest BCUT2D eigenvalue weighted by Gasteiger charge is 2.56. The van der Waals surface area contributed by atoms with Crippen LogP contribution in [0, 0.1) is 11.8 Å². The van der Waals surface area contributed by atoms with Gasteiger partial charge in [0.2, 0.25) is 5.91 Å². The SMILES string of the molecule is O=C1CCC[C@@H]2[C@H]3CCCN4CCC[C@@H]([C@@H]34)[C@@H](C(O)O)N12. The van der Waals surface area contributed by atoms with Gasteiger partial charge in [0.25, 0.3) is 0 Å². The number of amides is 1. The van der Waals surface area contributed by atoms with Crippen LogP contribution in [-0.2, 0) is 4.79 Å². The van der Waals surface area contributed by atoms with Crippen molar-refractivity contribution in [1.29, 1.82) is 0 Å². The standard InChI is InChI=1S/C16H26N2O3/c19-13-7-1-6-12-10-4-2-8-17-9-3-5-11(14(10)17)15(16(20)21)18(12)13/h10-12,14-16,20-21H,1-9H2/t10-,11+,12-,14-,15+/m1/s1. The minimum absolute atomic E-state index is 0.144. The molecule has 0 spiro atoms. The summed E-state index contributed by atoms with van der Waals surface area (Å²) < 4.78 is 0. The monoisotopic (exact) mass is 294 g/mol. The van der Waals surface area contributed by atoms with Crippen LogP contribution in [0.4, 0.5) is 0 Å². The van der Waals surface area contributed by atoms with E-state index in [-0.39, 0.29) is 23.9 Å². The summed E-state index contributed by atoms with van der Waals surface area (Å²) in [5, 5.41) is 20.0. The van der Waals surface area contributed by atoms with Gasteiger partial charge >= 0.3 is 0 Å². The second kappa shape index (κ2) is 5.21. The number of hydrogen-bond acceptors (Lipinski definition) is 4. The Morgan fingerprint density at radius 3 is 2.43 bits per heavy atom. The van der Waals surface area contributed by atoms with Crippen LogP contribution >= 0.6 is 0 Å². The molecule has 4 saturated heterocycles. The molecule has 0 unspecified atom stereocenters. The molecule has 0 bridgehead atoms. The van der Waals surface area contributed by atoms with Gasteiger partial charge in [-0.1, -0.05) is 0 Å². The second-order valence-electron chi connectivity index (χ2n) is 7.30. The quantitative estimate of drug-likeness (QED) is 0.693. The number of aliphatic hydroxyl groups is 2. The van der Waals surface area contributed by atoms with E-state index in [4.69, 9.17) is 0 Å². The Kier molecular flexibility index (Phi) is 3.47. The van der Waals surface area contributed by atoms with Crippen LogP contribution in [0.15, 0.2) is 0 Å². The molecule has 0 aromatic heterocycles. The fourth-order valence-corrected chi connectivity index (χ4v) is 5.76. The molecular formula is C16H26N2O3. The Hall–Kier alpha value is -0.650. The molecule has 1 amide bonds. The summed E-state index contributed by atoms with van der Waals surface area (Å²) >= 11 is 0. The van der Waals surface area contributed by atoms with Crippen molar-refractivity contribution in [2.24, 2.45) is 11.8 Å². The maximum absolute atomic E-state index is 12.5. The molecule has 0 aliphatic carbocycles. The Balaban J connectivity index is 1.74. The van der Waals surface area contributed by atoms with Crippen molar-refractivity contribution < 1.29 is 15.0 Å². The van der Waals surface area contributed by atoms with Gasteiger partial charge in [-0.05, 0) is 57.5 Å². The lowest BCUT2D eigenvalue weighted by atomic mass is 9.65. The van der Waals surface area contributed by atoms with E-state index in [1.807, 2.05) is 4.90 Å². The summed E-state index contributed by atoms with van der Waals surface area (Å²) in [5.74, 6) is 0.927. The third kappa shape index (κ3) is 2.05. The average Bonchev–Trinajstić information content (AvgIpc) is 2.48. The van der Waals surface area contributed by atoms with Crippen molar-refractivity contribution in [3.63, 3.8) is 0 Å². The molecule has 5 atom stereocenters. The maximum atomic E-state index is 12.5. The van der Waals surface area contributed by atoms with Gasteiger partial charge in [-0.15, -0.1) is 0 Å². The number of carbonyl (C=O) groups excluding carboxylic acids is 1. The van der Waals surface area contributed by atoms with Gasteiger partial charge in [0.15, 0.2) is 6.29 Å². The number of rotatable bonds is 1. The molecule has 0 saturated carbocycles. The molecule has 5 heteroatoms. The van der Waals surface area contributed by atoms with E-state index in [2.05, 4.69) is 4.90 Å². The Morgan fingerprint density at radius 2 is 1.71 bits per heavy atom. The third-order valence-corrected chi connectivity index (χ3v) is 6.36. The molecule has 0 radical (unpaired) electrons. The van der Waals surface area contributed by atoms with Gasteiger partial charge in [0.1, 0.15) is 0 Å². The van der Waals surface area contributed by atoms with Crippen LogP contribution < -0.4 is 0 Å². The number of hydrogen-bond donors (Lipinski definition) is 2. The summed E-state index contributed by atoms with van der Waals surface area (Å²) in [6.45, 7) is 2.29. The first-order valence-electron chi connectivity index (χ1n) is 8.60. The van der Waals surface area contributed by atoms with Gasteiger partial charge in [0, 0.05) is 24.4 Å². The number of piperidine rings is 4. The van der Waals surface area contributed by atoms with E-state index >= 15 is 0 Å². The van der Waals surface area contributed by atoms with Crippen LogP contribution in [0.25, 0.3) is 0 Å². The van der Waals surface area contributed by atoms with E-state index in [9.17, 15) is 15.0 Å². The summed E-state index contributed by atoms with van der Waals surface area (Å²) in [4.78, 5) is 16.9. The highest BCUT2D eigenvalue weighted by atomic mass is 16.5. The maximum Gasteiger partial charge on any atom is 0.223 e.